The molecule has 1 aliphatic heterocycles. The fourth-order valence-electron chi connectivity index (χ4n) is 3.83. The first-order valence-electron chi connectivity index (χ1n) is 11.0. The molecule has 4 rings (SSSR count). The van der Waals surface area contributed by atoms with Gasteiger partial charge in [-0.2, -0.15) is 9.40 Å². The summed E-state index contributed by atoms with van der Waals surface area (Å²) < 4.78 is 28.8. The van der Waals surface area contributed by atoms with E-state index in [0.717, 1.165) is 30.4 Å². The van der Waals surface area contributed by atoms with Gasteiger partial charge in [0.05, 0.1) is 11.4 Å². The summed E-state index contributed by atoms with van der Waals surface area (Å²) in [4.78, 5) is 12.6. The number of benzene rings is 2. The molecule has 0 saturated carbocycles. The molecule has 1 fully saturated rings. The Hall–Kier alpha value is -2.97. The van der Waals surface area contributed by atoms with Crippen LogP contribution >= 0.6 is 0 Å². The Bertz CT molecular complexity index is 1140. The fourth-order valence-corrected chi connectivity index (χ4v) is 5.35. The molecule has 1 N–H and O–H groups in total. The number of hydrogen-bond donors (Lipinski definition) is 1. The van der Waals surface area contributed by atoms with Crippen molar-refractivity contribution in [2.45, 2.75) is 43.5 Å². The van der Waals surface area contributed by atoms with Crippen molar-refractivity contribution in [1.29, 1.82) is 0 Å². The number of aromatic nitrogens is 2. The van der Waals surface area contributed by atoms with Crippen molar-refractivity contribution in [2.24, 2.45) is 0 Å². The van der Waals surface area contributed by atoms with Crippen LogP contribution in [0.1, 0.15) is 36.8 Å². The molecular weight excluding hydrogens is 424 g/mol. The lowest BCUT2D eigenvalue weighted by molar-refractivity contribution is -0.116. The molecule has 2 aromatic carbocycles. The van der Waals surface area contributed by atoms with Crippen molar-refractivity contribution in [2.75, 3.05) is 18.4 Å². The van der Waals surface area contributed by atoms with Crippen molar-refractivity contribution in [1.82, 2.24) is 14.1 Å². The largest absolute Gasteiger partial charge is 0.309 e. The third-order valence-electron chi connectivity index (χ3n) is 5.61. The molecule has 1 aliphatic rings. The Morgan fingerprint density at radius 2 is 1.62 bits per heavy atom. The highest BCUT2D eigenvalue weighted by atomic mass is 32.2. The van der Waals surface area contributed by atoms with Gasteiger partial charge in [0.2, 0.25) is 15.9 Å². The second-order valence-corrected chi connectivity index (χ2v) is 9.98. The Morgan fingerprint density at radius 3 is 2.34 bits per heavy atom. The molecule has 2 heterocycles. The normalized spacial score (nSPS) is 14.9. The molecule has 1 amide bonds. The average molecular weight is 453 g/mol. The van der Waals surface area contributed by atoms with Crippen LogP contribution in [0.3, 0.4) is 0 Å². The van der Waals surface area contributed by atoms with Gasteiger partial charge >= 0.3 is 0 Å². The van der Waals surface area contributed by atoms with Gasteiger partial charge in [-0.3, -0.25) is 9.48 Å². The zero-order valence-corrected chi connectivity index (χ0v) is 18.8. The van der Waals surface area contributed by atoms with Crippen LogP contribution in [0.5, 0.6) is 0 Å². The Morgan fingerprint density at radius 1 is 0.906 bits per heavy atom. The number of nitrogens with one attached hydrogen (secondary N) is 1. The molecule has 168 valence electrons. The molecule has 0 bridgehead atoms. The van der Waals surface area contributed by atoms with Crippen LogP contribution in [0.4, 0.5) is 5.82 Å². The monoisotopic (exact) mass is 452 g/mol. The minimum Gasteiger partial charge on any atom is -0.309 e. The number of anilines is 1. The number of aryl methyl sites for hydroxylation is 1. The summed E-state index contributed by atoms with van der Waals surface area (Å²) >= 11 is 0. The molecular formula is C24H28N4O3S. The summed E-state index contributed by atoms with van der Waals surface area (Å²) in [6.45, 7) is 1.82. The number of rotatable bonds is 8. The van der Waals surface area contributed by atoms with Gasteiger partial charge in [-0.15, -0.1) is 0 Å². The second kappa shape index (κ2) is 10.1. The van der Waals surface area contributed by atoms with Crippen LogP contribution in [0, 0.1) is 0 Å². The number of piperidine rings is 1. The van der Waals surface area contributed by atoms with Gasteiger partial charge in [0.25, 0.3) is 0 Å². The summed E-state index contributed by atoms with van der Waals surface area (Å²) in [6.07, 6.45) is 5.57. The van der Waals surface area contributed by atoms with Gasteiger partial charge in [0.15, 0.2) is 5.82 Å². The van der Waals surface area contributed by atoms with Gasteiger partial charge in [-0.1, -0.05) is 48.9 Å². The third-order valence-corrected chi connectivity index (χ3v) is 7.53. The maximum Gasteiger partial charge on any atom is 0.243 e. The number of carbonyl (C=O) groups excluding carboxylic acids is 1. The van der Waals surface area contributed by atoms with Crippen molar-refractivity contribution in [3.8, 4) is 0 Å². The minimum absolute atomic E-state index is 0.125. The Labute approximate surface area is 189 Å². The molecule has 1 saturated heterocycles. The predicted molar refractivity (Wildman–Crippen MR) is 124 cm³/mol. The molecule has 1 aromatic heterocycles. The predicted octanol–water partition coefficient (Wildman–Crippen LogP) is 3.68. The molecule has 8 heteroatoms. The Kier molecular flexibility index (Phi) is 7.02. The summed E-state index contributed by atoms with van der Waals surface area (Å²) in [6, 6.07) is 18.6. The quantitative estimate of drug-likeness (QED) is 0.565. The lowest BCUT2D eigenvalue weighted by Gasteiger charge is -2.25. The van der Waals surface area contributed by atoms with E-state index < -0.39 is 10.0 Å². The SMILES string of the molecule is O=C(CCc1ccc(S(=O)(=O)N2CCCCC2)cc1)Nc1ccn(Cc2ccccc2)n1. The lowest BCUT2D eigenvalue weighted by atomic mass is 10.1. The van der Waals surface area contributed by atoms with Crippen LogP contribution < -0.4 is 5.32 Å². The van der Waals surface area contributed by atoms with E-state index in [2.05, 4.69) is 10.4 Å². The van der Waals surface area contributed by atoms with E-state index in [-0.39, 0.29) is 5.91 Å². The summed E-state index contributed by atoms with van der Waals surface area (Å²) in [5.41, 5.74) is 2.06. The second-order valence-electron chi connectivity index (χ2n) is 8.04. The minimum atomic E-state index is -3.43. The highest BCUT2D eigenvalue weighted by Gasteiger charge is 2.25. The number of sulfonamides is 1. The van der Waals surface area contributed by atoms with E-state index in [9.17, 15) is 13.2 Å². The lowest BCUT2D eigenvalue weighted by Crippen LogP contribution is -2.35. The summed E-state index contributed by atoms with van der Waals surface area (Å²) in [5.74, 6) is 0.397. The van der Waals surface area contributed by atoms with E-state index in [1.165, 1.54) is 0 Å². The number of amides is 1. The molecule has 0 unspecified atom stereocenters. The highest BCUT2D eigenvalue weighted by Crippen LogP contribution is 2.21. The Balaban J connectivity index is 1.28. The maximum atomic E-state index is 12.7. The van der Waals surface area contributed by atoms with E-state index in [0.29, 0.717) is 43.2 Å². The average Bonchev–Trinajstić information content (AvgIpc) is 3.25. The fraction of sp³-hybridized carbons (Fsp3) is 0.333. The standard InChI is InChI=1S/C24H28N4O3S/c29-24(25-23-15-18-27(26-23)19-21-7-3-1-4-8-21)14-11-20-9-12-22(13-10-20)32(30,31)28-16-5-2-6-17-28/h1,3-4,7-10,12-13,15,18H,2,5-6,11,14,16-17,19H2,(H,25,26,29). The van der Waals surface area contributed by atoms with E-state index in [1.807, 2.05) is 36.5 Å². The van der Waals surface area contributed by atoms with Crippen LogP contribution in [0.15, 0.2) is 71.8 Å². The number of nitrogens with zero attached hydrogens (tertiary/aromatic N) is 3. The number of hydrogen-bond acceptors (Lipinski definition) is 4. The van der Waals surface area contributed by atoms with Crippen molar-refractivity contribution < 1.29 is 13.2 Å². The third kappa shape index (κ3) is 5.63. The first-order valence-corrected chi connectivity index (χ1v) is 12.4. The van der Waals surface area contributed by atoms with Gasteiger partial charge in [-0.25, -0.2) is 8.42 Å². The van der Waals surface area contributed by atoms with Gasteiger partial charge < -0.3 is 5.32 Å². The maximum absolute atomic E-state index is 12.7. The van der Waals surface area contributed by atoms with E-state index >= 15 is 0 Å². The molecule has 0 aliphatic carbocycles. The zero-order chi connectivity index (χ0) is 22.4. The molecule has 7 nitrogen and oxygen atoms in total. The smallest absolute Gasteiger partial charge is 0.243 e. The molecule has 32 heavy (non-hydrogen) atoms. The van der Waals surface area contributed by atoms with Gasteiger partial charge in [0, 0.05) is 31.8 Å². The van der Waals surface area contributed by atoms with Crippen LogP contribution in [0.25, 0.3) is 0 Å². The topological polar surface area (TPSA) is 84.3 Å². The molecule has 3 aromatic rings. The van der Waals surface area contributed by atoms with Crippen LogP contribution in [-0.4, -0.2) is 41.5 Å². The van der Waals surface area contributed by atoms with E-state index in [4.69, 9.17) is 0 Å². The molecule has 0 spiro atoms. The van der Waals surface area contributed by atoms with Crippen molar-refractivity contribution in [3.05, 3.63) is 78.0 Å². The highest BCUT2D eigenvalue weighted by molar-refractivity contribution is 7.89. The molecule has 0 atom stereocenters. The molecule has 0 radical (unpaired) electrons. The number of carbonyl (C=O) groups is 1. The van der Waals surface area contributed by atoms with Gasteiger partial charge in [-0.05, 0) is 42.5 Å². The van der Waals surface area contributed by atoms with E-state index in [1.54, 1.807) is 39.3 Å². The summed E-state index contributed by atoms with van der Waals surface area (Å²) in [7, 11) is -3.43. The first kappa shape index (κ1) is 22.2. The zero-order valence-electron chi connectivity index (χ0n) is 18.0. The van der Waals surface area contributed by atoms with Crippen LogP contribution in [0.2, 0.25) is 0 Å². The first-order chi connectivity index (χ1) is 15.5. The van der Waals surface area contributed by atoms with Crippen molar-refractivity contribution >= 4 is 21.7 Å². The van der Waals surface area contributed by atoms with Crippen LogP contribution in [-0.2, 0) is 27.8 Å². The summed E-state index contributed by atoms with van der Waals surface area (Å²) in [5, 5.41) is 7.22. The van der Waals surface area contributed by atoms with Crippen molar-refractivity contribution in [3.63, 3.8) is 0 Å². The van der Waals surface area contributed by atoms with Gasteiger partial charge in [0.1, 0.15) is 0 Å².